The Bertz CT molecular complexity index is 1210. The lowest BCUT2D eigenvalue weighted by Gasteiger charge is -2.12. The van der Waals surface area contributed by atoms with Gasteiger partial charge in [0, 0.05) is 11.4 Å². The number of nitrogens with zero attached hydrogens (tertiary/aromatic N) is 3. The Labute approximate surface area is 195 Å². The Morgan fingerprint density at radius 1 is 1.00 bits per heavy atom. The first-order valence-electron chi connectivity index (χ1n) is 9.97. The largest absolute Gasteiger partial charge is 0.484 e. The van der Waals surface area contributed by atoms with E-state index < -0.39 is 0 Å². The van der Waals surface area contributed by atoms with Crippen molar-refractivity contribution in [1.82, 2.24) is 14.8 Å². The van der Waals surface area contributed by atoms with E-state index >= 15 is 0 Å². The number of hydrogen-bond donors (Lipinski definition) is 1. The molecule has 0 atom stereocenters. The number of amides is 1. The van der Waals surface area contributed by atoms with Gasteiger partial charge in [-0.15, -0.1) is 10.2 Å². The summed E-state index contributed by atoms with van der Waals surface area (Å²) >= 11 is 7.51. The van der Waals surface area contributed by atoms with Crippen LogP contribution in [-0.2, 0) is 11.4 Å². The lowest BCUT2D eigenvalue weighted by molar-refractivity contribution is -0.113. The maximum atomic E-state index is 12.5. The van der Waals surface area contributed by atoms with E-state index in [0.29, 0.717) is 21.8 Å². The molecule has 4 rings (SSSR count). The van der Waals surface area contributed by atoms with Gasteiger partial charge in [0.25, 0.3) is 0 Å². The van der Waals surface area contributed by atoms with Crippen LogP contribution in [0.25, 0.3) is 5.69 Å². The molecule has 3 aromatic carbocycles. The minimum absolute atomic E-state index is 0.110. The third-order valence-electron chi connectivity index (χ3n) is 4.66. The van der Waals surface area contributed by atoms with E-state index in [1.165, 1.54) is 11.8 Å². The molecule has 0 bridgehead atoms. The van der Waals surface area contributed by atoms with Gasteiger partial charge in [0.15, 0.2) is 11.0 Å². The second-order valence-corrected chi connectivity index (χ2v) is 8.29. The van der Waals surface area contributed by atoms with Crippen LogP contribution in [0, 0.1) is 6.92 Å². The quantitative estimate of drug-likeness (QED) is 0.347. The second kappa shape index (κ2) is 10.3. The van der Waals surface area contributed by atoms with E-state index in [2.05, 4.69) is 15.5 Å². The van der Waals surface area contributed by atoms with Crippen LogP contribution in [0.5, 0.6) is 5.75 Å². The SMILES string of the molecule is Cc1ccccc1NC(=O)CSc1nnc(COc2ccccc2Cl)n1-c1ccccc1. The molecular formula is C24H21ClN4O2S. The first-order chi connectivity index (χ1) is 15.6. The molecule has 0 aliphatic rings. The number of thioether (sulfide) groups is 1. The molecule has 1 amide bonds. The highest BCUT2D eigenvalue weighted by atomic mass is 35.5. The number of para-hydroxylation sites is 3. The number of benzene rings is 3. The molecule has 1 aromatic heterocycles. The van der Waals surface area contributed by atoms with E-state index in [1.54, 1.807) is 12.1 Å². The number of rotatable bonds is 8. The first kappa shape index (κ1) is 21.9. The van der Waals surface area contributed by atoms with Gasteiger partial charge >= 0.3 is 0 Å². The Morgan fingerprint density at radius 2 is 1.72 bits per heavy atom. The zero-order chi connectivity index (χ0) is 22.3. The molecule has 32 heavy (non-hydrogen) atoms. The van der Waals surface area contributed by atoms with Gasteiger partial charge in [0.1, 0.15) is 12.4 Å². The second-order valence-electron chi connectivity index (χ2n) is 6.94. The molecule has 162 valence electrons. The summed E-state index contributed by atoms with van der Waals surface area (Å²) in [5, 5.41) is 12.7. The van der Waals surface area contributed by atoms with Gasteiger partial charge < -0.3 is 10.1 Å². The number of aryl methyl sites for hydroxylation is 1. The maximum Gasteiger partial charge on any atom is 0.234 e. The molecule has 0 fully saturated rings. The number of aromatic nitrogens is 3. The highest BCUT2D eigenvalue weighted by Crippen LogP contribution is 2.26. The molecule has 0 saturated heterocycles. The molecule has 8 heteroatoms. The number of hydrogen-bond acceptors (Lipinski definition) is 5. The maximum absolute atomic E-state index is 12.5. The molecular weight excluding hydrogens is 444 g/mol. The van der Waals surface area contributed by atoms with Crippen LogP contribution >= 0.6 is 23.4 Å². The summed E-state index contributed by atoms with van der Waals surface area (Å²) in [6.07, 6.45) is 0. The summed E-state index contributed by atoms with van der Waals surface area (Å²) in [4.78, 5) is 12.5. The first-order valence-corrected chi connectivity index (χ1v) is 11.3. The Morgan fingerprint density at radius 3 is 2.50 bits per heavy atom. The standard InChI is InChI=1S/C24H21ClN4O2S/c1-17-9-5-7-13-20(17)26-23(30)16-32-24-28-27-22(29(24)18-10-3-2-4-11-18)15-31-21-14-8-6-12-19(21)25/h2-14H,15-16H2,1H3,(H,26,30). The number of carbonyl (C=O) groups is 1. The molecule has 0 saturated carbocycles. The fraction of sp³-hybridized carbons (Fsp3) is 0.125. The Balaban J connectivity index is 1.51. The van der Waals surface area contributed by atoms with Gasteiger partial charge in [-0.3, -0.25) is 9.36 Å². The summed E-state index contributed by atoms with van der Waals surface area (Å²) in [6, 6.07) is 24.7. The number of nitrogens with one attached hydrogen (secondary N) is 1. The average Bonchev–Trinajstić information content (AvgIpc) is 3.22. The van der Waals surface area contributed by atoms with E-state index in [-0.39, 0.29) is 18.3 Å². The van der Waals surface area contributed by atoms with Gasteiger partial charge in [-0.1, -0.05) is 71.9 Å². The lowest BCUT2D eigenvalue weighted by atomic mass is 10.2. The van der Waals surface area contributed by atoms with Crippen LogP contribution < -0.4 is 10.1 Å². The number of carbonyl (C=O) groups excluding carboxylic acids is 1. The van der Waals surface area contributed by atoms with E-state index in [9.17, 15) is 4.79 Å². The van der Waals surface area contributed by atoms with Gasteiger partial charge in [-0.05, 0) is 42.8 Å². The van der Waals surface area contributed by atoms with Gasteiger partial charge in [0.2, 0.25) is 5.91 Å². The van der Waals surface area contributed by atoms with E-state index in [0.717, 1.165) is 16.9 Å². The molecule has 1 heterocycles. The van der Waals surface area contributed by atoms with Crippen LogP contribution in [0.3, 0.4) is 0 Å². The Kier molecular flexibility index (Phi) is 7.09. The third-order valence-corrected chi connectivity index (χ3v) is 5.90. The summed E-state index contributed by atoms with van der Waals surface area (Å²) < 4.78 is 7.76. The van der Waals surface area contributed by atoms with Crippen molar-refractivity contribution in [3.63, 3.8) is 0 Å². The number of halogens is 1. The number of anilines is 1. The minimum atomic E-state index is -0.110. The van der Waals surface area contributed by atoms with Crippen LogP contribution in [0.4, 0.5) is 5.69 Å². The highest BCUT2D eigenvalue weighted by molar-refractivity contribution is 7.99. The van der Waals surface area contributed by atoms with Crippen LogP contribution in [-0.4, -0.2) is 26.4 Å². The zero-order valence-corrected chi connectivity index (χ0v) is 18.9. The molecule has 6 nitrogen and oxygen atoms in total. The highest BCUT2D eigenvalue weighted by Gasteiger charge is 2.17. The van der Waals surface area contributed by atoms with Crippen LogP contribution in [0.15, 0.2) is 84.0 Å². The predicted molar refractivity (Wildman–Crippen MR) is 128 cm³/mol. The molecule has 0 radical (unpaired) electrons. The van der Waals surface area contributed by atoms with Crippen molar-refractivity contribution in [1.29, 1.82) is 0 Å². The molecule has 0 unspecified atom stereocenters. The van der Waals surface area contributed by atoms with Crippen molar-refractivity contribution in [3.8, 4) is 11.4 Å². The molecule has 0 aliphatic heterocycles. The van der Waals surface area contributed by atoms with E-state index in [4.69, 9.17) is 16.3 Å². The smallest absolute Gasteiger partial charge is 0.234 e. The number of ether oxygens (including phenoxy) is 1. The average molecular weight is 465 g/mol. The zero-order valence-electron chi connectivity index (χ0n) is 17.4. The fourth-order valence-corrected chi connectivity index (χ4v) is 4.02. The van der Waals surface area contributed by atoms with Gasteiger partial charge in [0.05, 0.1) is 10.8 Å². The molecule has 0 spiro atoms. The summed E-state index contributed by atoms with van der Waals surface area (Å²) in [6.45, 7) is 2.14. The molecule has 4 aromatic rings. The van der Waals surface area contributed by atoms with Gasteiger partial charge in [-0.2, -0.15) is 0 Å². The topological polar surface area (TPSA) is 69.0 Å². The predicted octanol–water partition coefficient (Wildman–Crippen LogP) is 5.54. The van der Waals surface area contributed by atoms with Crippen molar-refractivity contribution >= 4 is 35.0 Å². The van der Waals surface area contributed by atoms with Crippen molar-refractivity contribution in [2.45, 2.75) is 18.7 Å². The van der Waals surface area contributed by atoms with Crippen molar-refractivity contribution in [2.75, 3.05) is 11.1 Å². The molecule has 0 aliphatic carbocycles. The third kappa shape index (κ3) is 5.30. The monoisotopic (exact) mass is 464 g/mol. The van der Waals surface area contributed by atoms with Crippen LogP contribution in [0.1, 0.15) is 11.4 Å². The van der Waals surface area contributed by atoms with Crippen LogP contribution in [0.2, 0.25) is 5.02 Å². The van der Waals surface area contributed by atoms with E-state index in [1.807, 2.05) is 78.2 Å². The summed E-state index contributed by atoms with van der Waals surface area (Å²) in [5.41, 5.74) is 2.70. The minimum Gasteiger partial charge on any atom is -0.484 e. The Hall–Kier alpha value is -3.29. The lowest BCUT2D eigenvalue weighted by Crippen LogP contribution is -2.15. The molecule has 1 N–H and O–H groups in total. The summed E-state index contributed by atoms with van der Waals surface area (Å²) in [7, 11) is 0. The van der Waals surface area contributed by atoms with Gasteiger partial charge in [-0.25, -0.2) is 0 Å². The fourth-order valence-electron chi connectivity index (χ4n) is 3.06. The normalized spacial score (nSPS) is 10.7. The summed E-state index contributed by atoms with van der Waals surface area (Å²) in [5.74, 6) is 1.27. The van der Waals surface area contributed by atoms with Crippen molar-refractivity contribution in [2.24, 2.45) is 0 Å². The van der Waals surface area contributed by atoms with Crippen molar-refractivity contribution < 1.29 is 9.53 Å². The van der Waals surface area contributed by atoms with Crippen molar-refractivity contribution in [3.05, 3.63) is 95.3 Å².